The second kappa shape index (κ2) is 8.50. The highest BCUT2D eigenvalue weighted by Crippen LogP contribution is 2.32. The van der Waals surface area contributed by atoms with E-state index < -0.39 is 10.0 Å². The van der Waals surface area contributed by atoms with Crippen LogP contribution in [-0.2, 0) is 23.1 Å². The van der Waals surface area contributed by atoms with Gasteiger partial charge in [-0.3, -0.25) is 0 Å². The summed E-state index contributed by atoms with van der Waals surface area (Å²) >= 11 is 0. The van der Waals surface area contributed by atoms with Crippen molar-refractivity contribution in [3.8, 4) is 0 Å². The zero-order valence-electron chi connectivity index (χ0n) is 18.0. The molecule has 5 rings (SSSR count). The molecular weight excluding hydrogens is 420 g/mol. The Labute approximate surface area is 188 Å². The summed E-state index contributed by atoms with van der Waals surface area (Å²) in [6, 6.07) is 19.5. The fourth-order valence-corrected chi connectivity index (χ4v) is 6.15. The number of imidazole rings is 1. The summed E-state index contributed by atoms with van der Waals surface area (Å²) in [6.07, 6.45) is 4.22. The number of aryl methyl sites for hydroxylation is 1. The molecule has 1 aromatic heterocycles. The Morgan fingerprint density at radius 3 is 2.81 bits per heavy atom. The van der Waals surface area contributed by atoms with Crippen LogP contribution in [0.25, 0.3) is 10.8 Å². The van der Waals surface area contributed by atoms with Gasteiger partial charge in [-0.05, 0) is 35.9 Å². The number of benzene rings is 3. The monoisotopic (exact) mass is 446 g/mol. The van der Waals surface area contributed by atoms with Gasteiger partial charge in [-0.25, -0.2) is 13.4 Å². The normalized spacial score (nSPS) is 17.2. The van der Waals surface area contributed by atoms with Crippen LogP contribution in [0.15, 0.2) is 78.0 Å². The van der Waals surface area contributed by atoms with Crippen molar-refractivity contribution in [2.24, 2.45) is 0 Å². The van der Waals surface area contributed by atoms with Crippen LogP contribution in [0.3, 0.4) is 0 Å². The predicted molar refractivity (Wildman–Crippen MR) is 126 cm³/mol. The third-order valence-corrected chi connectivity index (χ3v) is 8.03. The lowest BCUT2D eigenvalue weighted by atomic mass is 9.97. The summed E-state index contributed by atoms with van der Waals surface area (Å²) in [5, 5.41) is 5.25. The summed E-state index contributed by atoms with van der Waals surface area (Å²) in [7, 11) is -3.66. The van der Waals surface area contributed by atoms with Crippen molar-refractivity contribution in [2.45, 2.75) is 37.4 Å². The van der Waals surface area contributed by atoms with Crippen LogP contribution in [0.1, 0.15) is 35.0 Å². The Morgan fingerprint density at radius 1 is 1.12 bits per heavy atom. The highest BCUT2D eigenvalue weighted by atomic mass is 32.2. The van der Waals surface area contributed by atoms with Crippen LogP contribution in [0.2, 0.25) is 0 Å². The second-order valence-electron chi connectivity index (χ2n) is 8.28. The Morgan fingerprint density at radius 2 is 1.97 bits per heavy atom. The SMILES string of the molecule is Cc1ccc2c(c1)CN(S(=O)(=O)c1cccc3ccccc13)CCC2NCc1ncc[nH]1. The lowest BCUT2D eigenvalue weighted by molar-refractivity contribution is 0.386. The van der Waals surface area contributed by atoms with E-state index in [0.29, 0.717) is 31.0 Å². The van der Waals surface area contributed by atoms with Crippen LogP contribution in [-0.4, -0.2) is 29.2 Å². The first-order chi connectivity index (χ1) is 15.5. The first-order valence-corrected chi connectivity index (χ1v) is 12.3. The number of aromatic nitrogens is 2. The van der Waals surface area contributed by atoms with Crippen LogP contribution in [0, 0.1) is 6.92 Å². The van der Waals surface area contributed by atoms with Gasteiger partial charge in [0.1, 0.15) is 5.82 Å². The standard InChI is InChI=1S/C25H26N4O2S/c1-18-9-10-21-20(15-18)17-29(14-11-23(21)28-16-25-26-12-13-27-25)32(30,31)24-8-4-6-19-5-2-3-7-22(19)24/h2-10,12-13,15,23,28H,11,14,16-17H2,1H3,(H,26,27). The molecule has 0 saturated carbocycles. The van der Waals surface area contributed by atoms with Gasteiger partial charge >= 0.3 is 0 Å². The van der Waals surface area contributed by atoms with Gasteiger partial charge in [0, 0.05) is 36.9 Å². The van der Waals surface area contributed by atoms with Gasteiger partial charge in [0.25, 0.3) is 0 Å². The fourth-order valence-electron chi connectivity index (χ4n) is 4.50. The number of fused-ring (bicyclic) bond motifs is 2. The van der Waals surface area contributed by atoms with E-state index in [1.807, 2.05) is 43.3 Å². The first kappa shape index (κ1) is 20.9. The van der Waals surface area contributed by atoms with E-state index in [2.05, 4.69) is 33.5 Å². The molecule has 6 nitrogen and oxygen atoms in total. The Kier molecular flexibility index (Phi) is 5.55. The van der Waals surface area contributed by atoms with Crippen molar-refractivity contribution < 1.29 is 8.42 Å². The van der Waals surface area contributed by atoms with Gasteiger partial charge in [0.15, 0.2) is 0 Å². The molecular formula is C25H26N4O2S. The number of sulfonamides is 1. The van der Waals surface area contributed by atoms with Gasteiger partial charge in [0.05, 0.1) is 11.4 Å². The molecule has 0 amide bonds. The van der Waals surface area contributed by atoms with Crippen LogP contribution in [0.4, 0.5) is 0 Å². The van der Waals surface area contributed by atoms with Crippen molar-refractivity contribution in [2.75, 3.05) is 6.54 Å². The molecule has 4 aromatic rings. The number of nitrogens with one attached hydrogen (secondary N) is 2. The third-order valence-electron chi connectivity index (χ3n) is 6.13. The molecule has 0 fully saturated rings. The molecule has 0 aliphatic carbocycles. The van der Waals surface area contributed by atoms with Crippen molar-refractivity contribution in [1.29, 1.82) is 0 Å². The summed E-state index contributed by atoms with van der Waals surface area (Å²) in [4.78, 5) is 7.78. The lowest BCUT2D eigenvalue weighted by Crippen LogP contribution is -2.31. The minimum absolute atomic E-state index is 0.0448. The zero-order valence-corrected chi connectivity index (χ0v) is 18.8. The molecule has 0 bridgehead atoms. The summed E-state index contributed by atoms with van der Waals surface area (Å²) < 4.78 is 29.2. The lowest BCUT2D eigenvalue weighted by Gasteiger charge is -2.22. The topological polar surface area (TPSA) is 78.1 Å². The molecule has 1 atom stereocenters. The molecule has 0 saturated heterocycles. The minimum atomic E-state index is -3.66. The molecule has 0 spiro atoms. The van der Waals surface area contributed by atoms with Gasteiger partial charge in [-0.15, -0.1) is 0 Å². The quantitative estimate of drug-likeness (QED) is 0.479. The average Bonchev–Trinajstić information content (AvgIpc) is 3.25. The van der Waals surface area contributed by atoms with E-state index >= 15 is 0 Å². The summed E-state index contributed by atoms with van der Waals surface area (Å²) in [6.45, 7) is 3.44. The van der Waals surface area contributed by atoms with Crippen LogP contribution < -0.4 is 5.32 Å². The Hall–Kier alpha value is -3.00. The Bertz CT molecular complexity index is 1340. The molecule has 3 aromatic carbocycles. The average molecular weight is 447 g/mol. The van der Waals surface area contributed by atoms with Crippen molar-refractivity contribution in [1.82, 2.24) is 19.6 Å². The Balaban J connectivity index is 1.50. The number of nitrogens with zero attached hydrogens (tertiary/aromatic N) is 2. The van der Waals surface area contributed by atoms with Gasteiger partial charge < -0.3 is 10.3 Å². The molecule has 1 aliphatic heterocycles. The molecule has 164 valence electrons. The number of H-pyrrole nitrogens is 1. The maximum absolute atomic E-state index is 13.8. The molecule has 2 heterocycles. The molecule has 2 N–H and O–H groups in total. The van der Waals surface area contributed by atoms with Gasteiger partial charge in [0.2, 0.25) is 10.0 Å². The fraction of sp³-hybridized carbons (Fsp3) is 0.240. The second-order valence-corrected chi connectivity index (χ2v) is 10.2. The van der Waals surface area contributed by atoms with E-state index in [-0.39, 0.29) is 6.04 Å². The van der Waals surface area contributed by atoms with Gasteiger partial charge in [-0.1, -0.05) is 60.2 Å². The highest BCUT2D eigenvalue weighted by Gasteiger charge is 2.31. The minimum Gasteiger partial charge on any atom is -0.348 e. The third kappa shape index (κ3) is 3.95. The van der Waals surface area contributed by atoms with E-state index in [9.17, 15) is 8.42 Å². The van der Waals surface area contributed by atoms with Crippen molar-refractivity contribution in [3.05, 3.63) is 95.6 Å². The number of hydrogen-bond acceptors (Lipinski definition) is 4. The largest absolute Gasteiger partial charge is 0.348 e. The molecule has 1 aliphatic rings. The molecule has 0 radical (unpaired) electrons. The van der Waals surface area contributed by atoms with Gasteiger partial charge in [-0.2, -0.15) is 4.31 Å². The van der Waals surface area contributed by atoms with Crippen molar-refractivity contribution >= 4 is 20.8 Å². The molecule has 32 heavy (non-hydrogen) atoms. The van der Waals surface area contributed by atoms with E-state index in [1.165, 1.54) is 0 Å². The van der Waals surface area contributed by atoms with E-state index in [0.717, 1.165) is 33.3 Å². The number of aromatic amines is 1. The smallest absolute Gasteiger partial charge is 0.243 e. The zero-order chi connectivity index (χ0) is 22.1. The first-order valence-electron chi connectivity index (χ1n) is 10.8. The number of rotatable bonds is 5. The van der Waals surface area contributed by atoms with E-state index in [1.54, 1.807) is 22.8 Å². The van der Waals surface area contributed by atoms with Crippen LogP contribution in [0.5, 0.6) is 0 Å². The van der Waals surface area contributed by atoms with Crippen LogP contribution >= 0.6 is 0 Å². The summed E-state index contributed by atoms with van der Waals surface area (Å²) in [5.41, 5.74) is 3.32. The predicted octanol–water partition coefficient (Wildman–Crippen LogP) is 4.30. The molecule has 7 heteroatoms. The summed E-state index contributed by atoms with van der Waals surface area (Å²) in [5.74, 6) is 0.864. The maximum atomic E-state index is 13.8. The molecule has 1 unspecified atom stereocenters. The highest BCUT2D eigenvalue weighted by molar-refractivity contribution is 7.89. The number of hydrogen-bond donors (Lipinski definition) is 2. The maximum Gasteiger partial charge on any atom is 0.243 e. The van der Waals surface area contributed by atoms with Crippen molar-refractivity contribution in [3.63, 3.8) is 0 Å². The van der Waals surface area contributed by atoms with E-state index in [4.69, 9.17) is 0 Å².